The highest BCUT2D eigenvalue weighted by Gasteiger charge is 2.27. The first kappa shape index (κ1) is 23.2. The van der Waals surface area contributed by atoms with E-state index in [1.807, 2.05) is 23.1 Å². The van der Waals surface area contributed by atoms with Crippen LogP contribution in [-0.4, -0.2) is 47.9 Å². The summed E-state index contributed by atoms with van der Waals surface area (Å²) in [4.78, 5) is 18.0. The number of carbonyl (C=O) groups excluding carboxylic acids is 1. The molecule has 33 heavy (non-hydrogen) atoms. The van der Waals surface area contributed by atoms with Crippen molar-refractivity contribution in [2.24, 2.45) is 0 Å². The Balaban J connectivity index is 1.37. The van der Waals surface area contributed by atoms with Gasteiger partial charge in [-0.3, -0.25) is 9.69 Å². The molecule has 4 heteroatoms. The van der Waals surface area contributed by atoms with Crippen molar-refractivity contribution in [1.29, 1.82) is 0 Å². The number of aryl methyl sites for hydroxylation is 1. The Morgan fingerprint density at radius 2 is 1.33 bits per heavy atom. The van der Waals surface area contributed by atoms with E-state index in [-0.39, 0.29) is 11.9 Å². The number of hydrogen-bond acceptors (Lipinski definition) is 3. The molecule has 3 aromatic rings. The molecule has 0 spiro atoms. The topological polar surface area (TPSA) is 35.6 Å². The maximum Gasteiger partial charge on any atom is 0.240 e. The van der Waals surface area contributed by atoms with Gasteiger partial charge in [0.1, 0.15) is 0 Å². The molecule has 1 amide bonds. The van der Waals surface area contributed by atoms with Gasteiger partial charge in [-0.05, 0) is 35.1 Å². The molecule has 1 atom stereocenters. The van der Waals surface area contributed by atoms with Crippen molar-refractivity contribution in [1.82, 2.24) is 15.1 Å². The fourth-order valence-electron chi connectivity index (χ4n) is 4.42. The maximum atomic E-state index is 13.5. The molecule has 1 saturated heterocycles. The number of nitrogens with zero attached hydrogens (tertiary/aromatic N) is 2. The zero-order valence-corrected chi connectivity index (χ0v) is 19.6. The molecular formula is C29H35N3O. The van der Waals surface area contributed by atoms with Crippen molar-refractivity contribution in [3.8, 4) is 0 Å². The van der Waals surface area contributed by atoms with Crippen molar-refractivity contribution in [2.75, 3.05) is 26.2 Å². The van der Waals surface area contributed by atoms with Crippen LogP contribution in [0.1, 0.15) is 29.2 Å². The second-order valence-electron chi connectivity index (χ2n) is 8.88. The van der Waals surface area contributed by atoms with Crippen LogP contribution in [0.25, 0.3) is 0 Å². The number of rotatable bonds is 9. The van der Waals surface area contributed by atoms with E-state index in [0.717, 1.165) is 39.1 Å². The van der Waals surface area contributed by atoms with Gasteiger partial charge in [0.25, 0.3) is 0 Å². The van der Waals surface area contributed by atoms with Gasteiger partial charge in [-0.1, -0.05) is 91.9 Å². The summed E-state index contributed by atoms with van der Waals surface area (Å²) in [6.07, 6.45) is 1.75. The van der Waals surface area contributed by atoms with Crippen LogP contribution in [0.4, 0.5) is 0 Å². The molecule has 0 saturated carbocycles. The Morgan fingerprint density at radius 3 is 1.94 bits per heavy atom. The highest BCUT2D eigenvalue weighted by molar-refractivity contribution is 5.82. The molecule has 1 aliphatic rings. The van der Waals surface area contributed by atoms with Crippen molar-refractivity contribution in [2.45, 2.75) is 38.9 Å². The molecule has 172 valence electrons. The van der Waals surface area contributed by atoms with Gasteiger partial charge in [-0.15, -0.1) is 0 Å². The Kier molecular flexibility index (Phi) is 8.29. The molecule has 1 heterocycles. The zero-order valence-electron chi connectivity index (χ0n) is 19.6. The third-order valence-corrected chi connectivity index (χ3v) is 6.50. The van der Waals surface area contributed by atoms with Crippen LogP contribution in [0, 0.1) is 0 Å². The van der Waals surface area contributed by atoms with Crippen molar-refractivity contribution in [3.05, 3.63) is 107 Å². The van der Waals surface area contributed by atoms with Crippen molar-refractivity contribution < 1.29 is 4.79 Å². The van der Waals surface area contributed by atoms with Gasteiger partial charge >= 0.3 is 0 Å². The summed E-state index contributed by atoms with van der Waals surface area (Å²) in [6, 6.07) is 29.4. The average Bonchev–Trinajstić information content (AvgIpc) is 2.88. The fourth-order valence-corrected chi connectivity index (χ4v) is 4.42. The minimum atomic E-state index is -0.223. The van der Waals surface area contributed by atoms with E-state index in [1.54, 1.807) is 0 Å². The third-order valence-electron chi connectivity index (χ3n) is 6.50. The molecule has 4 rings (SSSR count). The summed E-state index contributed by atoms with van der Waals surface area (Å²) in [5.41, 5.74) is 5.07. The van der Waals surface area contributed by atoms with Crippen LogP contribution < -0.4 is 5.32 Å². The van der Waals surface area contributed by atoms with E-state index in [9.17, 15) is 4.79 Å². The van der Waals surface area contributed by atoms with Crippen LogP contribution in [0.5, 0.6) is 0 Å². The number of nitrogens with one attached hydrogen (secondary N) is 1. The normalized spacial score (nSPS) is 15.4. The SMILES string of the molecule is CCc1ccc(CNC(Cc2ccccc2)C(=O)N2CCN(Cc3ccccc3)CC2)cc1. The van der Waals surface area contributed by atoms with Crippen LogP contribution in [-0.2, 0) is 30.7 Å². The predicted molar refractivity (Wildman–Crippen MR) is 135 cm³/mol. The number of carbonyl (C=O) groups is 1. The standard InChI is InChI=1S/C29H35N3O/c1-2-24-13-15-26(16-14-24)22-30-28(21-25-9-5-3-6-10-25)29(33)32-19-17-31(18-20-32)23-27-11-7-4-8-12-27/h3-16,28,30H,2,17-23H2,1H3. The van der Waals surface area contributed by atoms with Gasteiger partial charge in [0.2, 0.25) is 5.91 Å². The average molecular weight is 442 g/mol. The van der Waals surface area contributed by atoms with Gasteiger partial charge in [0, 0.05) is 39.3 Å². The summed E-state index contributed by atoms with van der Waals surface area (Å²) in [5, 5.41) is 3.57. The molecule has 0 bridgehead atoms. The van der Waals surface area contributed by atoms with Crippen molar-refractivity contribution in [3.63, 3.8) is 0 Å². The Labute approximate surface area is 198 Å². The van der Waals surface area contributed by atoms with Crippen LogP contribution in [0.2, 0.25) is 0 Å². The van der Waals surface area contributed by atoms with Gasteiger partial charge in [-0.25, -0.2) is 0 Å². The molecule has 0 aliphatic carbocycles. The monoisotopic (exact) mass is 441 g/mol. The minimum absolute atomic E-state index is 0.211. The molecule has 1 N–H and O–H groups in total. The lowest BCUT2D eigenvalue weighted by atomic mass is 10.0. The van der Waals surface area contributed by atoms with E-state index < -0.39 is 0 Å². The Hall–Kier alpha value is -2.95. The minimum Gasteiger partial charge on any atom is -0.339 e. The fraction of sp³-hybridized carbons (Fsp3) is 0.345. The van der Waals surface area contributed by atoms with Crippen molar-refractivity contribution >= 4 is 5.91 Å². The first-order valence-electron chi connectivity index (χ1n) is 12.1. The van der Waals surface area contributed by atoms with Crippen LogP contribution in [0.15, 0.2) is 84.9 Å². The van der Waals surface area contributed by atoms with E-state index in [0.29, 0.717) is 13.0 Å². The van der Waals surface area contributed by atoms with Crippen LogP contribution in [0.3, 0.4) is 0 Å². The highest BCUT2D eigenvalue weighted by atomic mass is 16.2. The van der Waals surface area contributed by atoms with E-state index >= 15 is 0 Å². The number of piperazine rings is 1. The lowest BCUT2D eigenvalue weighted by Crippen LogP contribution is -2.54. The van der Waals surface area contributed by atoms with E-state index in [2.05, 4.69) is 83.9 Å². The van der Waals surface area contributed by atoms with Gasteiger partial charge in [0.05, 0.1) is 6.04 Å². The first-order valence-corrected chi connectivity index (χ1v) is 12.1. The van der Waals surface area contributed by atoms with Gasteiger partial charge in [0.15, 0.2) is 0 Å². The Bertz CT molecular complexity index is 980. The molecule has 3 aromatic carbocycles. The molecule has 4 nitrogen and oxygen atoms in total. The summed E-state index contributed by atoms with van der Waals surface area (Å²) >= 11 is 0. The summed E-state index contributed by atoms with van der Waals surface area (Å²) in [5.74, 6) is 0.211. The quantitative estimate of drug-likeness (QED) is 0.538. The molecule has 1 fully saturated rings. The highest BCUT2D eigenvalue weighted by Crippen LogP contribution is 2.13. The zero-order chi connectivity index (χ0) is 22.9. The smallest absolute Gasteiger partial charge is 0.240 e. The molecular weight excluding hydrogens is 406 g/mol. The van der Waals surface area contributed by atoms with E-state index in [4.69, 9.17) is 0 Å². The maximum absolute atomic E-state index is 13.5. The second kappa shape index (κ2) is 11.8. The van der Waals surface area contributed by atoms with Gasteiger partial charge < -0.3 is 10.2 Å². The number of benzene rings is 3. The largest absolute Gasteiger partial charge is 0.339 e. The molecule has 1 aliphatic heterocycles. The molecule has 0 radical (unpaired) electrons. The Morgan fingerprint density at radius 1 is 0.758 bits per heavy atom. The number of amides is 1. The summed E-state index contributed by atoms with van der Waals surface area (Å²) in [6.45, 7) is 7.20. The van der Waals surface area contributed by atoms with Crippen LogP contribution >= 0.6 is 0 Å². The predicted octanol–water partition coefficient (Wildman–Crippen LogP) is 4.29. The third kappa shape index (κ3) is 6.77. The second-order valence-corrected chi connectivity index (χ2v) is 8.88. The summed E-state index contributed by atoms with van der Waals surface area (Å²) in [7, 11) is 0. The molecule has 1 unspecified atom stereocenters. The summed E-state index contributed by atoms with van der Waals surface area (Å²) < 4.78 is 0. The van der Waals surface area contributed by atoms with E-state index in [1.165, 1.54) is 22.3 Å². The lowest BCUT2D eigenvalue weighted by Gasteiger charge is -2.36. The first-order chi connectivity index (χ1) is 16.2. The van der Waals surface area contributed by atoms with Gasteiger partial charge in [-0.2, -0.15) is 0 Å². The number of hydrogen-bond donors (Lipinski definition) is 1. The molecule has 0 aromatic heterocycles. The lowest BCUT2D eigenvalue weighted by molar-refractivity contribution is -0.135.